The fraction of sp³-hybridized carbons (Fsp3) is 0.944. The molecule has 77 heavy (non-hydrogen) atoms. The number of nitrogens with one attached hydrogen (secondary N) is 1. The molecule has 6 nitrogen and oxygen atoms in total. The van der Waals surface area contributed by atoms with Gasteiger partial charge in [-0.3, -0.25) is 9.59 Å². The Balaban J connectivity index is 3.32. The Morgan fingerprint density at radius 2 is 0.610 bits per heavy atom. The van der Waals surface area contributed by atoms with Gasteiger partial charge in [0.25, 0.3) is 0 Å². The number of ether oxygens (including phenoxy) is 1. The Morgan fingerprint density at radius 3 is 0.922 bits per heavy atom. The molecule has 0 radical (unpaired) electrons. The number of carbonyl (C=O) groups excluding carboxylic acids is 2. The van der Waals surface area contributed by atoms with Gasteiger partial charge in [0.2, 0.25) is 5.91 Å². The van der Waals surface area contributed by atoms with Crippen molar-refractivity contribution in [3.63, 3.8) is 0 Å². The molecule has 0 fully saturated rings. The predicted molar refractivity (Wildman–Crippen MR) is 338 cm³/mol. The smallest absolute Gasteiger partial charge is 0.305 e. The summed E-state index contributed by atoms with van der Waals surface area (Å²) in [6, 6.07) is -0.537. The van der Waals surface area contributed by atoms with Crippen molar-refractivity contribution in [2.45, 2.75) is 418 Å². The van der Waals surface area contributed by atoms with E-state index in [-0.39, 0.29) is 18.5 Å². The molecule has 0 saturated heterocycles. The van der Waals surface area contributed by atoms with Crippen molar-refractivity contribution in [2.75, 3.05) is 13.2 Å². The number of amides is 1. The second kappa shape index (κ2) is 67.1. The van der Waals surface area contributed by atoms with Crippen molar-refractivity contribution >= 4 is 11.9 Å². The molecule has 0 aliphatic rings. The summed E-state index contributed by atoms with van der Waals surface area (Å²) in [7, 11) is 0. The molecule has 0 aromatic rings. The molecule has 1 amide bonds. The van der Waals surface area contributed by atoms with Gasteiger partial charge in [-0.2, -0.15) is 0 Å². The minimum atomic E-state index is -0.660. The van der Waals surface area contributed by atoms with Gasteiger partial charge >= 0.3 is 5.97 Å². The van der Waals surface area contributed by atoms with E-state index in [4.69, 9.17) is 4.74 Å². The molecule has 0 rings (SSSR count). The van der Waals surface area contributed by atoms with Gasteiger partial charge in [0, 0.05) is 12.8 Å². The largest absolute Gasteiger partial charge is 0.466 e. The molecule has 0 heterocycles. The van der Waals surface area contributed by atoms with Crippen LogP contribution in [0.5, 0.6) is 0 Å². The molecule has 6 heteroatoms. The minimum absolute atomic E-state index is 0.0218. The van der Waals surface area contributed by atoms with Crippen LogP contribution >= 0.6 is 0 Å². The number of aliphatic hydroxyl groups excluding tert-OH is 2. The van der Waals surface area contributed by atoms with Crippen LogP contribution in [0.2, 0.25) is 0 Å². The molecule has 0 saturated carbocycles. The van der Waals surface area contributed by atoms with Gasteiger partial charge in [-0.1, -0.05) is 353 Å². The zero-order chi connectivity index (χ0) is 55.7. The standard InChI is InChI=1S/C71H139NO5/c1-3-5-7-9-11-13-15-17-41-45-49-53-57-61-65-71(76)77-66-62-58-54-50-46-42-38-36-34-32-30-28-26-24-22-20-18-19-21-23-25-27-29-31-33-35-37-40-44-48-52-56-60-64-70(75)72-68(67-73)69(74)63-59-55-51-47-43-39-16-14-12-10-8-6-4-2/h22,24,68-69,73-74H,3-21,23,25-67H2,1-2H3,(H,72,75)/b24-22-. The van der Waals surface area contributed by atoms with Crippen molar-refractivity contribution in [3.05, 3.63) is 12.2 Å². The third-order valence-corrected chi connectivity index (χ3v) is 16.8. The lowest BCUT2D eigenvalue weighted by Gasteiger charge is -2.22. The summed E-state index contributed by atoms with van der Waals surface area (Å²) in [6.45, 7) is 4.99. The predicted octanol–water partition coefficient (Wildman–Crippen LogP) is 22.8. The quantitative estimate of drug-likeness (QED) is 0.0320. The van der Waals surface area contributed by atoms with Crippen LogP contribution in [0.25, 0.3) is 0 Å². The topological polar surface area (TPSA) is 95.9 Å². The fourth-order valence-electron chi connectivity index (χ4n) is 11.4. The molecule has 0 aliphatic carbocycles. The lowest BCUT2D eigenvalue weighted by Crippen LogP contribution is -2.45. The van der Waals surface area contributed by atoms with Crippen LogP contribution in [0.4, 0.5) is 0 Å². The van der Waals surface area contributed by atoms with Crippen molar-refractivity contribution in [2.24, 2.45) is 0 Å². The first-order chi connectivity index (χ1) is 38.0. The van der Waals surface area contributed by atoms with E-state index < -0.39 is 12.1 Å². The number of unbranched alkanes of at least 4 members (excludes halogenated alkanes) is 54. The first-order valence-electron chi connectivity index (χ1n) is 35.4. The lowest BCUT2D eigenvalue weighted by molar-refractivity contribution is -0.143. The molecular weight excluding hydrogens is 947 g/mol. The summed E-state index contributed by atoms with van der Waals surface area (Å²) in [4.78, 5) is 24.5. The third-order valence-electron chi connectivity index (χ3n) is 16.8. The zero-order valence-electron chi connectivity index (χ0n) is 52.5. The number of aliphatic hydroxyl groups is 2. The van der Waals surface area contributed by atoms with E-state index >= 15 is 0 Å². The Hall–Kier alpha value is -1.40. The van der Waals surface area contributed by atoms with E-state index in [0.29, 0.717) is 25.9 Å². The molecule has 0 aliphatic heterocycles. The highest BCUT2D eigenvalue weighted by Gasteiger charge is 2.20. The average Bonchev–Trinajstić information content (AvgIpc) is 3.43. The van der Waals surface area contributed by atoms with Gasteiger partial charge in [0.05, 0.1) is 25.4 Å². The van der Waals surface area contributed by atoms with E-state index in [0.717, 1.165) is 38.5 Å². The van der Waals surface area contributed by atoms with Crippen molar-refractivity contribution in [3.8, 4) is 0 Å². The van der Waals surface area contributed by atoms with Gasteiger partial charge in [-0.15, -0.1) is 0 Å². The molecule has 0 bridgehead atoms. The minimum Gasteiger partial charge on any atom is -0.466 e. The molecule has 2 unspecified atom stereocenters. The Bertz CT molecular complexity index is 1160. The average molecular weight is 1090 g/mol. The zero-order valence-corrected chi connectivity index (χ0v) is 52.5. The number of hydrogen-bond donors (Lipinski definition) is 3. The van der Waals surface area contributed by atoms with Crippen LogP contribution in [0.3, 0.4) is 0 Å². The van der Waals surface area contributed by atoms with E-state index in [2.05, 4.69) is 31.3 Å². The molecule has 458 valence electrons. The van der Waals surface area contributed by atoms with Crippen LogP contribution in [0, 0.1) is 0 Å². The number of carbonyl (C=O) groups is 2. The third kappa shape index (κ3) is 63.6. The van der Waals surface area contributed by atoms with Crippen molar-refractivity contribution < 1.29 is 24.5 Å². The Kier molecular flexibility index (Phi) is 65.9. The number of hydrogen-bond acceptors (Lipinski definition) is 5. The van der Waals surface area contributed by atoms with Gasteiger partial charge in [-0.05, 0) is 51.4 Å². The van der Waals surface area contributed by atoms with E-state index in [1.54, 1.807) is 0 Å². The first-order valence-corrected chi connectivity index (χ1v) is 35.4. The molecule has 3 N–H and O–H groups in total. The van der Waals surface area contributed by atoms with Gasteiger partial charge in [0.15, 0.2) is 0 Å². The van der Waals surface area contributed by atoms with Gasteiger partial charge < -0.3 is 20.3 Å². The second-order valence-corrected chi connectivity index (χ2v) is 24.6. The SMILES string of the molecule is CCCCCCCCCCCCCCCCC(=O)OCCCCCCCCCCCCCC/C=C\CCCCCCCCCCCCCCCCCCCC(=O)NC(CO)C(O)CCCCCCCCCCCCCCC. The normalized spacial score (nSPS) is 12.5. The van der Waals surface area contributed by atoms with E-state index in [9.17, 15) is 19.8 Å². The summed E-state index contributed by atoms with van der Waals surface area (Å²) >= 11 is 0. The summed E-state index contributed by atoms with van der Waals surface area (Å²) in [5, 5.41) is 23.3. The highest BCUT2D eigenvalue weighted by Crippen LogP contribution is 2.19. The van der Waals surface area contributed by atoms with E-state index in [1.165, 1.54) is 334 Å². The van der Waals surface area contributed by atoms with Crippen molar-refractivity contribution in [1.82, 2.24) is 5.32 Å². The number of rotatable bonds is 67. The van der Waals surface area contributed by atoms with Crippen LogP contribution in [0.1, 0.15) is 406 Å². The van der Waals surface area contributed by atoms with Crippen LogP contribution in [-0.4, -0.2) is 47.4 Å². The highest BCUT2D eigenvalue weighted by atomic mass is 16.5. The van der Waals surface area contributed by atoms with Crippen LogP contribution in [-0.2, 0) is 14.3 Å². The van der Waals surface area contributed by atoms with Crippen molar-refractivity contribution in [1.29, 1.82) is 0 Å². The van der Waals surface area contributed by atoms with Gasteiger partial charge in [-0.25, -0.2) is 0 Å². The number of allylic oxidation sites excluding steroid dienone is 2. The monoisotopic (exact) mass is 1090 g/mol. The maximum absolute atomic E-state index is 12.5. The highest BCUT2D eigenvalue weighted by molar-refractivity contribution is 5.76. The molecule has 0 spiro atoms. The first kappa shape index (κ1) is 75.6. The lowest BCUT2D eigenvalue weighted by atomic mass is 10.0. The molecular formula is C71H139NO5. The summed E-state index contributed by atoms with van der Waals surface area (Å²) in [5.41, 5.74) is 0. The molecule has 0 aromatic heterocycles. The van der Waals surface area contributed by atoms with Crippen LogP contribution in [0.15, 0.2) is 12.2 Å². The Labute approximate surface area is 482 Å². The molecule has 2 atom stereocenters. The second-order valence-electron chi connectivity index (χ2n) is 24.6. The maximum atomic E-state index is 12.5. The summed E-state index contributed by atoms with van der Waals surface area (Å²) in [5.74, 6) is -0.00763. The maximum Gasteiger partial charge on any atom is 0.305 e. The summed E-state index contributed by atoms with van der Waals surface area (Å²) in [6.07, 6.45) is 82.7. The van der Waals surface area contributed by atoms with Gasteiger partial charge in [0.1, 0.15) is 0 Å². The molecule has 0 aromatic carbocycles. The number of esters is 1. The summed E-state index contributed by atoms with van der Waals surface area (Å²) < 4.78 is 5.49. The Morgan fingerprint density at radius 1 is 0.351 bits per heavy atom. The van der Waals surface area contributed by atoms with E-state index in [1.807, 2.05) is 0 Å². The fourth-order valence-corrected chi connectivity index (χ4v) is 11.4. The van der Waals surface area contributed by atoms with Crippen LogP contribution < -0.4 is 5.32 Å².